The van der Waals surface area contributed by atoms with Crippen molar-refractivity contribution in [2.24, 2.45) is 0 Å². The number of carbonyl (C=O) groups excluding carboxylic acids is 2. The Morgan fingerprint density at radius 3 is 2.55 bits per heavy atom. The highest BCUT2D eigenvalue weighted by Gasteiger charge is 2.44. The van der Waals surface area contributed by atoms with Gasteiger partial charge in [-0.3, -0.25) is 14.5 Å². The minimum absolute atomic E-state index is 0.0354. The number of fused-ring (bicyclic) bond motifs is 1. The molecule has 1 atom stereocenters. The molecule has 1 aromatic carbocycles. The molecule has 0 radical (unpaired) electrons. The minimum atomic E-state index is -4.59. The lowest BCUT2D eigenvalue weighted by atomic mass is 9.76. The van der Waals surface area contributed by atoms with Gasteiger partial charge in [-0.15, -0.1) is 11.3 Å². The van der Waals surface area contributed by atoms with Gasteiger partial charge in [0.2, 0.25) is 5.91 Å². The number of halogens is 3. The fraction of sp³-hybridized carbons (Fsp3) is 0.400. The van der Waals surface area contributed by atoms with Gasteiger partial charge in [0, 0.05) is 34.9 Å². The molecule has 0 fully saturated rings. The molecule has 1 amide bonds. The largest absolute Gasteiger partial charge is 0.416 e. The number of thiophene rings is 1. The van der Waals surface area contributed by atoms with Crippen molar-refractivity contribution in [3.05, 3.63) is 62.7 Å². The molecule has 0 N–H and O–H groups in total. The number of amides is 1. The van der Waals surface area contributed by atoms with Crippen LogP contribution in [-0.2, 0) is 28.6 Å². The molecule has 33 heavy (non-hydrogen) atoms. The normalized spacial score (nSPS) is 21.0. The van der Waals surface area contributed by atoms with Crippen molar-refractivity contribution in [1.29, 1.82) is 5.26 Å². The Labute approximate surface area is 193 Å². The highest BCUT2D eigenvalue weighted by Crippen LogP contribution is 2.49. The first-order chi connectivity index (χ1) is 15.8. The van der Waals surface area contributed by atoms with Crippen LogP contribution in [-0.4, -0.2) is 11.7 Å². The van der Waals surface area contributed by atoms with Crippen LogP contribution in [0.3, 0.4) is 0 Å². The maximum atomic E-state index is 13.8. The van der Waals surface area contributed by atoms with E-state index in [1.54, 1.807) is 0 Å². The van der Waals surface area contributed by atoms with Crippen molar-refractivity contribution >= 4 is 28.0 Å². The molecule has 2 aromatic rings. The molecule has 8 heteroatoms. The van der Waals surface area contributed by atoms with Crippen LogP contribution in [0.1, 0.15) is 71.6 Å². The smallest absolute Gasteiger partial charge is 0.294 e. The summed E-state index contributed by atoms with van der Waals surface area (Å²) < 4.78 is 41.3. The number of allylic oxidation sites excluding steroid dienone is 2. The number of rotatable bonds is 2. The predicted octanol–water partition coefficient (Wildman–Crippen LogP) is 6.04. The van der Waals surface area contributed by atoms with Gasteiger partial charge < -0.3 is 0 Å². The number of hydrogen-bond donors (Lipinski definition) is 0. The van der Waals surface area contributed by atoms with Gasteiger partial charge in [0.15, 0.2) is 5.78 Å². The van der Waals surface area contributed by atoms with Crippen LogP contribution in [0.5, 0.6) is 0 Å². The fourth-order valence-electron chi connectivity index (χ4n) is 5.38. The molecule has 2 heterocycles. The lowest BCUT2D eigenvalue weighted by molar-refractivity contribution is -0.138. The van der Waals surface area contributed by atoms with E-state index >= 15 is 0 Å². The van der Waals surface area contributed by atoms with Crippen LogP contribution in [0.15, 0.2) is 35.5 Å². The van der Waals surface area contributed by atoms with E-state index in [0.29, 0.717) is 34.7 Å². The summed E-state index contributed by atoms with van der Waals surface area (Å²) in [6.45, 7) is 0. The molecule has 0 saturated heterocycles. The van der Waals surface area contributed by atoms with Gasteiger partial charge in [0.25, 0.3) is 0 Å². The van der Waals surface area contributed by atoms with E-state index in [2.05, 4.69) is 6.07 Å². The highest BCUT2D eigenvalue weighted by atomic mass is 32.1. The van der Waals surface area contributed by atoms with Gasteiger partial charge in [-0.05, 0) is 55.7 Å². The Morgan fingerprint density at radius 1 is 1.03 bits per heavy atom. The zero-order chi connectivity index (χ0) is 23.3. The van der Waals surface area contributed by atoms with E-state index in [4.69, 9.17) is 0 Å². The molecule has 0 spiro atoms. The van der Waals surface area contributed by atoms with Crippen molar-refractivity contribution < 1.29 is 22.8 Å². The van der Waals surface area contributed by atoms with Crippen molar-refractivity contribution in [1.82, 2.24) is 0 Å². The van der Waals surface area contributed by atoms with E-state index in [0.717, 1.165) is 42.2 Å². The van der Waals surface area contributed by atoms with E-state index in [-0.39, 0.29) is 30.1 Å². The van der Waals surface area contributed by atoms with Crippen molar-refractivity contribution in [3.8, 4) is 6.07 Å². The Bertz CT molecular complexity index is 1240. The number of ketones is 1. The molecule has 1 aromatic heterocycles. The van der Waals surface area contributed by atoms with Crippen LogP contribution in [0.2, 0.25) is 0 Å². The molecule has 170 valence electrons. The summed E-state index contributed by atoms with van der Waals surface area (Å²) in [6, 6.07) is 7.46. The van der Waals surface area contributed by atoms with Gasteiger partial charge in [-0.1, -0.05) is 18.2 Å². The van der Waals surface area contributed by atoms with E-state index in [1.165, 1.54) is 34.4 Å². The molecule has 0 saturated carbocycles. The first-order valence-electron chi connectivity index (χ1n) is 11.1. The number of carbonyl (C=O) groups is 2. The topological polar surface area (TPSA) is 61.2 Å². The predicted molar refractivity (Wildman–Crippen MR) is 118 cm³/mol. The van der Waals surface area contributed by atoms with Gasteiger partial charge in [0.05, 0.1) is 11.1 Å². The average Bonchev–Trinajstić information content (AvgIpc) is 3.16. The number of benzene rings is 1. The van der Waals surface area contributed by atoms with Gasteiger partial charge in [-0.25, -0.2) is 0 Å². The summed E-state index contributed by atoms with van der Waals surface area (Å²) in [7, 11) is 0. The number of nitrogens with zero attached hydrogens (tertiary/aromatic N) is 2. The lowest BCUT2D eigenvalue weighted by Gasteiger charge is -2.38. The second-order valence-electron chi connectivity index (χ2n) is 8.71. The van der Waals surface area contributed by atoms with Crippen LogP contribution < -0.4 is 4.90 Å². The summed E-state index contributed by atoms with van der Waals surface area (Å²) in [5.41, 5.74) is 1.37. The zero-order valence-corrected chi connectivity index (χ0v) is 18.6. The standard InChI is InChI=1S/C25H21F3N2O2S/c26-25(27,28)18-8-3-1-6-14(18)16-12-22(32)30(19-9-5-10-20(31)23(16)19)24-17(13-29)15-7-2-4-11-21(15)33-24/h1,3,6,8,16H,2,4-5,7,9-12H2. The van der Waals surface area contributed by atoms with Crippen LogP contribution in [0.25, 0.3) is 0 Å². The first kappa shape index (κ1) is 21.9. The average molecular weight is 471 g/mol. The lowest BCUT2D eigenvalue weighted by Crippen LogP contribution is -2.41. The Kier molecular flexibility index (Phi) is 5.40. The van der Waals surface area contributed by atoms with Crippen molar-refractivity contribution in [3.63, 3.8) is 0 Å². The summed E-state index contributed by atoms with van der Waals surface area (Å²) in [5, 5.41) is 10.4. The highest BCUT2D eigenvalue weighted by molar-refractivity contribution is 7.16. The van der Waals surface area contributed by atoms with Crippen LogP contribution >= 0.6 is 11.3 Å². The van der Waals surface area contributed by atoms with E-state index in [1.807, 2.05) is 0 Å². The van der Waals surface area contributed by atoms with Gasteiger partial charge in [-0.2, -0.15) is 18.4 Å². The molecule has 0 bridgehead atoms. The molecular weight excluding hydrogens is 449 g/mol. The maximum Gasteiger partial charge on any atom is 0.416 e. The van der Waals surface area contributed by atoms with Crippen molar-refractivity contribution in [2.45, 2.75) is 63.5 Å². The number of hydrogen-bond acceptors (Lipinski definition) is 4. The molecule has 3 aliphatic rings. The number of anilines is 1. The monoisotopic (exact) mass is 470 g/mol. The number of Topliss-reactive ketones (excluding diaryl/α,β-unsaturated/α-hetero) is 1. The Balaban J connectivity index is 1.70. The second-order valence-corrected chi connectivity index (χ2v) is 9.79. The summed E-state index contributed by atoms with van der Waals surface area (Å²) in [4.78, 5) is 29.1. The van der Waals surface area contributed by atoms with Crippen LogP contribution in [0, 0.1) is 11.3 Å². The fourth-order valence-corrected chi connectivity index (χ4v) is 6.76. The Hall–Kier alpha value is -2.92. The minimum Gasteiger partial charge on any atom is -0.294 e. The quantitative estimate of drug-likeness (QED) is 0.537. The number of nitriles is 1. The SMILES string of the molecule is N#Cc1c(N2C(=O)CC(c3ccccc3C(F)(F)F)C3=C2CCCC3=O)sc2c1CCCC2. The maximum absolute atomic E-state index is 13.8. The number of alkyl halides is 3. The van der Waals surface area contributed by atoms with Crippen LogP contribution in [0.4, 0.5) is 18.2 Å². The van der Waals surface area contributed by atoms with E-state index in [9.17, 15) is 28.0 Å². The Morgan fingerprint density at radius 2 is 1.79 bits per heavy atom. The molecule has 1 unspecified atom stereocenters. The molecule has 5 rings (SSSR count). The third-order valence-corrected chi connectivity index (χ3v) is 8.06. The second kappa shape index (κ2) is 8.14. The third kappa shape index (κ3) is 3.59. The molecule has 2 aliphatic carbocycles. The van der Waals surface area contributed by atoms with Gasteiger partial charge >= 0.3 is 6.18 Å². The summed E-state index contributed by atoms with van der Waals surface area (Å²) >= 11 is 1.42. The number of aryl methyl sites for hydroxylation is 1. The summed E-state index contributed by atoms with van der Waals surface area (Å²) in [5.74, 6) is -1.51. The zero-order valence-electron chi connectivity index (χ0n) is 17.8. The molecule has 1 aliphatic heterocycles. The van der Waals surface area contributed by atoms with Crippen molar-refractivity contribution in [2.75, 3.05) is 4.90 Å². The van der Waals surface area contributed by atoms with E-state index < -0.39 is 17.7 Å². The molecular formula is C25H21F3N2O2S. The van der Waals surface area contributed by atoms with Gasteiger partial charge in [0.1, 0.15) is 11.1 Å². The first-order valence-corrected chi connectivity index (χ1v) is 11.9. The third-order valence-electron chi connectivity index (χ3n) is 6.78. The molecule has 4 nitrogen and oxygen atoms in total. The summed E-state index contributed by atoms with van der Waals surface area (Å²) in [6.07, 6.45) is 0.0149.